The van der Waals surface area contributed by atoms with E-state index in [0.717, 1.165) is 13.0 Å². The molecule has 1 aromatic rings. The van der Waals surface area contributed by atoms with E-state index >= 15 is 0 Å². The van der Waals surface area contributed by atoms with Crippen molar-refractivity contribution < 1.29 is 0 Å². The Morgan fingerprint density at radius 1 is 1.19 bits per heavy atom. The maximum atomic E-state index is 3.49. The first kappa shape index (κ1) is 12.8. The molecule has 1 aromatic carbocycles. The highest BCUT2D eigenvalue weighted by Crippen LogP contribution is 2.19. The Labute approximate surface area is 99.3 Å². The minimum absolute atomic E-state index is 0.357. The van der Waals surface area contributed by atoms with Gasteiger partial charge in [0.1, 0.15) is 0 Å². The molecular formula is C15H21N. The molecule has 0 bridgehead atoms. The van der Waals surface area contributed by atoms with E-state index in [4.69, 9.17) is 0 Å². The zero-order chi connectivity index (χ0) is 12.0. The van der Waals surface area contributed by atoms with Gasteiger partial charge in [-0.3, -0.25) is 0 Å². The fraction of sp³-hybridized carbons (Fsp3) is 0.467. The molecule has 0 radical (unpaired) electrons. The van der Waals surface area contributed by atoms with Crippen LogP contribution in [0.2, 0.25) is 0 Å². The van der Waals surface area contributed by atoms with Crippen molar-refractivity contribution in [1.29, 1.82) is 0 Å². The lowest BCUT2D eigenvalue weighted by atomic mass is 9.99. The highest BCUT2D eigenvalue weighted by molar-refractivity contribution is 5.31. The van der Waals surface area contributed by atoms with E-state index < -0.39 is 0 Å². The second-order valence-electron chi connectivity index (χ2n) is 4.16. The Morgan fingerprint density at radius 3 is 2.31 bits per heavy atom. The van der Waals surface area contributed by atoms with E-state index in [9.17, 15) is 0 Å². The Bertz CT molecular complexity index is 375. The molecule has 0 amide bonds. The van der Waals surface area contributed by atoms with Crippen LogP contribution in [0.1, 0.15) is 43.0 Å². The van der Waals surface area contributed by atoms with Crippen molar-refractivity contribution >= 4 is 0 Å². The van der Waals surface area contributed by atoms with Gasteiger partial charge in [-0.05, 0) is 32.9 Å². The molecule has 0 fully saturated rings. The first-order valence-electron chi connectivity index (χ1n) is 5.88. The van der Waals surface area contributed by atoms with Gasteiger partial charge in [-0.1, -0.05) is 36.2 Å². The van der Waals surface area contributed by atoms with Gasteiger partial charge in [0.05, 0.1) is 0 Å². The molecule has 0 heterocycles. The molecule has 16 heavy (non-hydrogen) atoms. The van der Waals surface area contributed by atoms with Crippen LogP contribution in [0.5, 0.6) is 0 Å². The Kier molecular flexibility index (Phi) is 5.08. The first-order chi connectivity index (χ1) is 7.67. The van der Waals surface area contributed by atoms with Crippen molar-refractivity contribution in [3.8, 4) is 11.8 Å². The van der Waals surface area contributed by atoms with Gasteiger partial charge < -0.3 is 5.32 Å². The average Bonchev–Trinajstić information content (AvgIpc) is 2.22. The fourth-order valence-corrected chi connectivity index (χ4v) is 1.97. The molecule has 0 saturated carbocycles. The molecule has 1 unspecified atom stereocenters. The lowest BCUT2D eigenvalue weighted by molar-refractivity contribution is 0.564. The molecule has 0 aromatic heterocycles. The predicted molar refractivity (Wildman–Crippen MR) is 70.4 cm³/mol. The van der Waals surface area contributed by atoms with Gasteiger partial charge in [0, 0.05) is 12.5 Å². The average molecular weight is 215 g/mol. The van der Waals surface area contributed by atoms with Crippen LogP contribution in [0, 0.1) is 25.7 Å². The topological polar surface area (TPSA) is 12.0 Å². The van der Waals surface area contributed by atoms with Crippen LogP contribution in [0.3, 0.4) is 0 Å². The molecule has 1 nitrogen and oxygen atoms in total. The third kappa shape index (κ3) is 3.72. The molecule has 1 atom stereocenters. The molecular weight excluding hydrogens is 194 g/mol. The van der Waals surface area contributed by atoms with E-state index in [2.05, 4.69) is 56.1 Å². The summed E-state index contributed by atoms with van der Waals surface area (Å²) in [7, 11) is 0. The summed E-state index contributed by atoms with van der Waals surface area (Å²) in [6, 6.07) is 7.06. The van der Waals surface area contributed by atoms with Crippen LogP contribution >= 0.6 is 0 Å². The number of hydrogen-bond donors (Lipinski definition) is 1. The van der Waals surface area contributed by atoms with Crippen LogP contribution in [-0.2, 0) is 0 Å². The van der Waals surface area contributed by atoms with Gasteiger partial charge in [0.15, 0.2) is 0 Å². The van der Waals surface area contributed by atoms with Gasteiger partial charge in [0.25, 0.3) is 0 Å². The lowest BCUT2D eigenvalue weighted by Gasteiger charge is -2.17. The van der Waals surface area contributed by atoms with E-state index in [1.807, 2.05) is 6.92 Å². The molecule has 1 heteroatoms. The van der Waals surface area contributed by atoms with Gasteiger partial charge in [-0.25, -0.2) is 0 Å². The molecule has 0 aliphatic heterocycles. The van der Waals surface area contributed by atoms with Crippen molar-refractivity contribution in [1.82, 2.24) is 5.32 Å². The summed E-state index contributed by atoms with van der Waals surface area (Å²) in [6.07, 6.45) is 0.882. The second kappa shape index (κ2) is 6.35. The van der Waals surface area contributed by atoms with Crippen molar-refractivity contribution in [2.24, 2.45) is 0 Å². The normalized spacial score (nSPS) is 11.8. The predicted octanol–water partition coefficient (Wildman–Crippen LogP) is 3.37. The second-order valence-corrected chi connectivity index (χ2v) is 4.16. The SMILES string of the molecule is CC#CCC(NCC)c1cc(C)cc(C)c1. The van der Waals surface area contributed by atoms with E-state index in [0.29, 0.717) is 6.04 Å². The summed E-state index contributed by atoms with van der Waals surface area (Å²) in [5.74, 6) is 6.12. The summed E-state index contributed by atoms with van der Waals surface area (Å²) in [6.45, 7) is 9.29. The third-order valence-electron chi connectivity index (χ3n) is 2.58. The lowest BCUT2D eigenvalue weighted by Crippen LogP contribution is -2.20. The number of nitrogens with one attached hydrogen (secondary N) is 1. The van der Waals surface area contributed by atoms with Crippen LogP contribution in [0.25, 0.3) is 0 Å². The van der Waals surface area contributed by atoms with Crippen molar-refractivity contribution in [2.75, 3.05) is 6.54 Å². The summed E-state index contributed by atoms with van der Waals surface area (Å²) in [5, 5.41) is 3.49. The minimum atomic E-state index is 0.357. The van der Waals surface area contributed by atoms with E-state index in [-0.39, 0.29) is 0 Å². The highest BCUT2D eigenvalue weighted by atomic mass is 14.9. The number of rotatable bonds is 4. The van der Waals surface area contributed by atoms with Crippen molar-refractivity contribution in [3.63, 3.8) is 0 Å². The molecule has 1 N–H and O–H groups in total. The zero-order valence-electron chi connectivity index (χ0n) is 10.7. The minimum Gasteiger partial charge on any atom is -0.309 e. The molecule has 0 aliphatic carbocycles. The molecule has 1 rings (SSSR count). The Hall–Kier alpha value is -1.26. The molecule has 0 spiro atoms. The number of hydrogen-bond acceptors (Lipinski definition) is 1. The summed E-state index contributed by atoms with van der Waals surface area (Å²) >= 11 is 0. The van der Waals surface area contributed by atoms with E-state index in [1.54, 1.807) is 0 Å². The molecule has 0 saturated heterocycles. The number of benzene rings is 1. The van der Waals surface area contributed by atoms with Gasteiger partial charge in [-0.15, -0.1) is 11.8 Å². The maximum Gasteiger partial charge on any atom is 0.0430 e. The number of aryl methyl sites for hydroxylation is 2. The standard InChI is InChI=1S/C15H21N/c1-5-7-8-15(16-6-2)14-10-12(3)9-13(4)11-14/h9-11,15-16H,6,8H2,1-4H3. The quantitative estimate of drug-likeness (QED) is 0.759. The first-order valence-corrected chi connectivity index (χ1v) is 5.88. The van der Waals surface area contributed by atoms with E-state index in [1.165, 1.54) is 16.7 Å². The molecule has 86 valence electrons. The van der Waals surface area contributed by atoms with Crippen LogP contribution in [-0.4, -0.2) is 6.54 Å². The summed E-state index contributed by atoms with van der Waals surface area (Å²) in [5.41, 5.74) is 3.99. The summed E-state index contributed by atoms with van der Waals surface area (Å²) in [4.78, 5) is 0. The fourth-order valence-electron chi connectivity index (χ4n) is 1.97. The smallest absolute Gasteiger partial charge is 0.0430 e. The van der Waals surface area contributed by atoms with Gasteiger partial charge in [0.2, 0.25) is 0 Å². The maximum absolute atomic E-state index is 3.49. The largest absolute Gasteiger partial charge is 0.309 e. The summed E-state index contributed by atoms with van der Waals surface area (Å²) < 4.78 is 0. The van der Waals surface area contributed by atoms with Gasteiger partial charge >= 0.3 is 0 Å². The van der Waals surface area contributed by atoms with Crippen LogP contribution in [0.4, 0.5) is 0 Å². The van der Waals surface area contributed by atoms with Crippen molar-refractivity contribution in [2.45, 2.75) is 40.2 Å². The Balaban J connectivity index is 2.93. The Morgan fingerprint density at radius 2 is 1.81 bits per heavy atom. The van der Waals surface area contributed by atoms with Crippen LogP contribution < -0.4 is 5.32 Å². The van der Waals surface area contributed by atoms with Gasteiger partial charge in [-0.2, -0.15) is 0 Å². The highest BCUT2D eigenvalue weighted by Gasteiger charge is 2.09. The van der Waals surface area contributed by atoms with Crippen molar-refractivity contribution in [3.05, 3.63) is 34.9 Å². The monoisotopic (exact) mass is 215 g/mol. The zero-order valence-corrected chi connectivity index (χ0v) is 10.7. The molecule has 0 aliphatic rings. The third-order valence-corrected chi connectivity index (χ3v) is 2.58. The van der Waals surface area contributed by atoms with Crippen LogP contribution in [0.15, 0.2) is 18.2 Å².